The van der Waals surface area contributed by atoms with Crippen LogP contribution >= 0.6 is 11.6 Å². The summed E-state index contributed by atoms with van der Waals surface area (Å²) in [4.78, 5) is 33.3. The van der Waals surface area contributed by atoms with Crippen molar-refractivity contribution in [1.82, 2.24) is 9.80 Å². The van der Waals surface area contributed by atoms with E-state index in [9.17, 15) is 14.7 Å². The van der Waals surface area contributed by atoms with Gasteiger partial charge in [-0.05, 0) is 29.5 Å². The normalized spacial score (nSPS) is 20.8. The zero-order chi connectivity index (χ0) is 22.4. The molecule has 31 heavy (non-hydrogen) atoms. The Morgan fingerprint density at radius 1 is 1.19 bits per heavy atom. The molecule has 0 aromatic heterocycles. The molecule has 1 heterocycles. The van der Waals surface area contributed by atoms with Gasteiger partial charge in [0.1, 0.15) is 5.76 Å². The Kier molecular flexibility index (Phi) is 8.27. The van der Waals surface area contributed by atoms with Gasteiger partial charge >= 0.3 is 0 Å². The third kappa shape index (κ3) is 6.65. The third-order valence-corrected chi connectivity index (χ3v) is 6.15. The summed E-state index contributed by atoms with van der Waals surface area (Å²) in [6.07, 6.45) is 2.93. The second-order valence-corrected chi connectivity index (χ2v) is 9.23. The van der Waals surface area contributed by atoms with Gasteiger partial charge in [-0.25, -0.2) is 0 Å². The fourth-order valence-electron chi connectivity index (χ4n) is 4.08. The van der Waals surface area contributed by atoms with Gasteiger partial charge in [-0.1, -0.05) is 37.6 Å². The molecule has 1 atom stereocenters. The van der Waals surface area contributed by atoms with Crippen molar-refractivity contribution in [3.05, 3.63) is 46.2 Å². The smallest absolute Gasteiger partial charge is 0.222 e. The van der Waals surface area contributed by atoms with E-state index in [0.29, 0.717) is 42.3 Å². The van der Waals surface area contributed by atoms with E-state index in [1.54, 1.807) is 12.1 Å². The minimum Gasteiger partial charge on any atom is -0.511 e. The summed E-state index contributed by atoms with van der Waals surface area (Å²) >= 11 is 5.93. The number of hydrogen-bond acceptors (Lipinski definition) is 5. The van der Waals surface area contributed by atoms with Crippen molar-refractivity contribution in [2.75, 3.05) is 39.3 Å². The summed E-state index contributed by atoms with van der Waals surface area (Å²) in [5, 5.41) is 11.1. The number of carbonyl (C=O) groups is 2. The Balaban J connectivity index is 1.46. The van der Waals surface area contributed by atoms with Gasteiger partial charge in [0.25, 0.3) is 0 Å². The predicted molar refractivity (Wildman–Crippen MR) is 124 cm³/mol. The summed E-state index contributed by atoms with van der Waals surface area (Å²) in [5.74, 6) is 0.621. The Morgan fingerprint density at radius 3 is 2.48 bits per heavy atom. The molecule has 7 heteroatoms. The van der Waals surface area contributed by atoms with E-state index in [1.165, 1.54) is 6.21 Å². The monoisotopic (exact) mass is 445 g/mol. The molecule has 1 saturated heterocycles. The second kappa shape index (κ2) is 10.9. The highest BCUT2D eigenvalue weighted by atomic mass is 35.5. The molecule has 6 nitrogen and oxygen atoms in total. The van der Waals surface area contributed by atoms with Crippen LogP contribution in [0.3, 0.4) is 0 Å². The average molecular weight is 446 g/mol. The summed E-state index contributed by atoms with van der Waals surface area (Å²) in [6.45, 7) is 8.66. The minimum atomic E-state index is -0.0790. The molecule has 1 aliphatic carbocycles. The third-order valence-electron chi connectivity index (χ3n) is 5.90. The number of piperazine rings is 1. The number of aliphatic imine (C=N–C) groups is 1. The molecule has 0 saturated carbocycles. The molecule has 3 rings (SSSR count). The van der Waals surface area contributed by atoms with Crippen LogP contribution in [0, 0.1) is 5.92 Å². The number of benzene rings is 1. The molecule has 1 aliphatic heterocycles. The van der Waals surface area contributed by atoms with E-state index < -0.39 is 0 Å². The highest BCUT2D eigenvalue weighted by Crippen LogP contribution is 2.33. The number of Topliss-reactive ketones (excluding diaryl/α,β-unsaturated/α-hetero) is 1. The molecule has 0 spiro atoms. The van der Waals surface area contributed by atoms with E-state index in [0.717, 1.165) is 38.3 Å². The molecule has 1 unspecified atom stereocenters. The van der Waals surface area contributed by atoms with E-state index >= 15 is 0 Å². The maximum atomic E-state index is 12.5. The van der Waals surface area contributed by atoms with E-state index in [2.05, 4.69) is 23.7 Å². The van der Waals surface area contributed by atoms with Crippen molar-refractivity contribution in [1.29, 1.82) is 0 Å². The van der Waals surface area contributed by atoms with Gasteiger partial charge in [-0.2, -0.15) is 0 Å². The largest absolute Gasteiger partial charge is 0.511 e. The highest BCUT2D eigenvalue weighted by molar-refractivity contribution is 6.30. The van der Waals surface area contributed by atoms with Crippen LogP contribution in [0.1, 0.15) is 44.6 Å². The molecule has 1 aromatic rings. The zero-order valence-electron chi connectivity index (χ0n) is 18.4. The fraction of sp³-hybridized carbons (Fsp3) is 0.542. The Labute approximate surface area is 189 Å². The number of nitrogens with zero attached hydrogens (tertiary/aromatic N) is 3. The van der Waals surface area contributed by atoms with Crippen LogP contribution in [0.4, 0.5) is 0 Å². The number of carbonyl (C=O) groups excluding carboxylic acids is 2. The lowest BCUT2D eigenvalue weighted by Gasteiger charge is -2.34. The van der Waals surface area contributed by atoms with Gasteiger partial charge in [-0.15, -0.1) is 0 Å². The Hall–Kier alpha value is -2.18. The average Bonchev–Trinajstić information content (AvgIpc) is 2.73. The molecule has 0 radical (unpaired) electrons. The maximum Gasteiger partial charge on any atom is 0.222 e. The SMILES string of the molecule is CC(C)CC(=O)N1CCN(CCN=CC2=C(O)CC(c3ccc(Cl)cc3)CC2=O)CC1. The Bertz CT molecular complexity index is 840. The lowest BCUT2D eigenvalue weighted by Crippen LogP contribution is -2.49. The van der Waals surface area contributed by atoms with Crippen LogP contribution in [0.15, 0.2) is 40.6 Å². The molecule has 0 bridgehead atoms. The lowest BCUT2D eigenvalue weighted by molar-refractivity contribution is -0.133. The van der Waals surface area contributed by atoms with Gasteiger partial charge in [0.15, 0.2) is 5.78 Å². The highest BCUT2D eigenvalue weighted by Gasteiger charge is 2.27. The number of aliphatic hydroxyl groups is 1. The van der Waals surface area contributed by atoms with Crippen molar-refractivity contribution in [3.63, 3.8) is 0 Å². The predicted octanol–water partition coefficient (Wildman–Crippen LogP) is 3.86. The van der Waals surface area contributed by atoms with E-state index in [1.807, 2.05) is 17.0 Å². The number of rotatable bonds is 7. The first-order chi connectivity index (χ1) is 14.8. The first kappa shape index (κ1) is 23.5. The molecule has 1 fully saturated rings. The van der Waals surface area contributed by atoms with Crippen LogP contribution < -0.4 is 0 Å². The number of allylic oxidation sites excluding steroid dienone is 2. The standard InChI is InChI=1S/C24H32ClN3O3/c1-17(2)13-24(31)28-11-9-27(10-12-28)8-7-26-16-21-22(29)14-19(15-23(21)30)18-3-5-20(25)6-4-18/h3-6,16-17,19,29H,7-15H2,1-2H3. The van der Waals surface area contributed by atoms with Crippen LogP contribution in [-0.4, -0.2) is 72.1 Å². The van der Waals surface area contributed by atoms with Crippen LogP contribution in [0.2, 0.25) is 5.02 Å². The van der Waals surface area contributed by atoms with Crippen molar-refractivity contribution in [3.8, 4) is 0 Å². The first-order valence-electron chi connectivity index (χ1n) is 11.0. The fourth-order valence-corrected chi connectivity index (χ4v) is 4.21. The quantitative estimate of drug-likeness (QED) is 0.647. The molecular formula is C24H32ClN3O3. The van der Waals surface area contributed by atoms with Crippen LogP contribution in [-0.2, 0) is 9.59 Å². The second-order valence-electron chi connectivity index (χ2n) is 8.80. The van der Waals surface area contributed by atoms with Crippen LogP contribution in [0.25, 0.3) is 0 Å². The van der Waals surface area contributed by atoms with E-state index in [-0.39, 0.29) is 23.4 Å². The number of halogens is 1. The van der Waals surface area contributed by atoms with Gasteiger partial charge in [0.05, 0.1) is 12.1 Å². The van der Waals surface area contributed by atoms with Gasteiger partial charge in [-0.3, -0.25) is 19.5 Å². The van der Waals surface area contributed by atoms with Crippen molar-refractivity contribution < 1.29 is 14.7 Å². The summed E-state index contributed by atoms with van der Waals surface area (Å²) < 4.78 is 0. The molecular weight excluding hydrogens is 414 g/mol. The number of ketones is 1. The zero-order valence-corrected chi connectivity index (χ0v) is 19.1. The topological polar surface area (TPSA) is 73.2 Å². The molecule has 168 valence electrons. The molecule has 1 aromatic carbocycles. The van der Waals surface area contributed by atoms with E-state index in [4.69, 9.17) is 11.6 Å². The minimum absolute atomic E-state index is 0.0309. The van der Waals surface area contributed by atoms with Gasteiger partial charge < -0.3 is 10.0 Å². The molecule has 2 aliphatic rings. The van der Waals surface area contributed by atoms with Crippen molar-refractivity contribution in [2.45, 2.75) is 39.0 Å². The first-order valence-corrected chi connectivity index (χ1v) is 11.4. The van der Waals surface area contributed by atoms with Crippen molar-refractivity contribution >= 4 is 29.5 Å². The number of hydrogen-bond donors (Lipinski definition) is 1. The van der Waals surface area contributed by atoms with Crippen LogP contribution in [0.5, 0.6) is 0 Å². The summed E-state index contributed by atoms with van der Waals surface area (Å²) in [7, 11) is 0. The van der Waals surface area contributed by atoms with Gasteiger partial charge in [0, 0.05) is 63.2 Å². The van der Waals surface area contributed by atoms with Gasteiger partial charge in [0.2, 0.25) is 5.91 Å². The molecule has 1 N–H and O–H groups in total. The molecule has 1 amide bonds. The number of amides is 1. The summed E-state index contributed by atoms with van der Waals surface area (Å²) in [5.41, 5.74) is 1.33. The lowest BCUT2D eigenvalue weighted by atomic mass is 9.83. The Morgan fingerprint density at radius 2 is 1.87 bits per heavy atom. The number of aliphatic hydroxyl groups excluding tert-OH is 1. The van der Waals surface area contributed by atoms with Crippen molar-refractivity contribution in [2.24, 2.45) is 10.9 Å². The summed E-state index contributed by atoms with van der Waals surface area (Å²) in [6, 6.07) is 7.42. The maximum absolute atomic E-state index is 12.5.